The zero-order valence-corrected chi connectivity index (χ0v) is 15.9. The predicted molar refractivity (Wildman–Crippen MR) is 105 cm³/mol. The lowest BCUT2D eigenvalue weighted by Gasteiger charge is -2.19. The third-order valence-electron chi connectivity index (χ3n) is 4.47. The molecule has 1 amide bonds. The monoisotopic (exact) mass is 420 g/mol. The Hall–Kier alpha value is -3.17. The average molecular weight is 420 g/mol. The van der Waals surface area contributed by atoms with E-state index in [-0.39, 0.29) is 18.9 Å². The number of hydrogen-bond donors (Lipinski definition) is 2. The highest BCUT2D eigenvalue weighted by Gasteiger charge is 2.41. The number of fused-ring (bicyclic) bond motifs is 1. The fraction of sp³-hybridized carbons (Fsp3) is 0.238. The minimum Gasteiger partial charge on any atom is -0.486 e. The Kier molecular flexibility index (Phi) is 6.23. The van der Waals surface area contributed by atoms with Crippen molar-refractivity contribution in [2.45, 2.75) is 12.3 Å². The predicted octanol–water partition coefficient (Wildman–Crippen LogP) is 3.16. The summed E-state index contributed by atoms with van der Waals surface area (Å²) in [5.74, 6) is -1.52. The number of aliphatic hydroxyl groups is 2. The second-order valence-electron chi connectivity index (χ2n) is 6.56. The number of benzene rings is 2. The molecule has 0 aliphatic carbocycles. The molecule has 0 saturated heterocycles. The summed E-state index contributed by atoms with van der Waals surface area (Å²) in [6, 6.07) is 14.8. The van der Waals surface area contributed by atoms with E-state index in [9.17, 15) is 18.0 Å². The van der Waals surface area contributed by atoms with Crippen molar-refractivity contribution in [3.05, 3.63) is 54.6 Å². The van der Waals surface area contributed by atoms with Crippen molar-refractivity contribution in [2.24, 2.45) is 0 Å². The summed E-state index contributed by atoms with van der Waals surface area (Å²) in [5.41, 5.74) is 1.95. The molecule has 0 aliphatic rings. The van der Waals surface area contributed by atoms with Crippen LogP contribution in [0.15, 0.2) is 54.6 Å². The van der Waals surface area contributed by atoms with E-state index in [1.165, 1.54) is 12.1 Å². The highest BCUT2D eigenvalue weighted by molar-refractivity contribution is 5.97. The molecule has 158 valence electrons. The normalized spacial score (nSPS) is 11.7. The van der Waals surface area contributed by atoms with Gasteiger partial charge in [-0.15, -0.1) is 0 Å². The van der Waals surface area contributed by atoms with Gasteiger partial charge >= 0.3 is 12.1 Å². The molecule has 2 aromatic carbocycles. The summed E-state index contributed by atoms with van der Waals surface area (Å²) in [4.78, 5) is 16.5. The van der Waals surface area contributed by atoms with Gasteiger partial charge in [0.05, 0.1) is 24.4 Å². The molecule has 0 aliphatic heterocycles. The van der Waals surface area contributed by atoms with Crippen LogP contribution in [0.4, 0.5) is 18.9 Å². The molecule has 0 fully saturated rings. The molecular weight excluding hydrogens is 401 g/mol. The third kappa shape index (κ3) is 4.69. The SMILES string of the molecule is CN(C(=O)C(F)(F)F)c1ccc(-c2ccc3ccc(OC(CO)CO)cc3n2)cc1. The Bertz CT molecular complexity index is 1030. The van der Waals surface area contributed by atoms with Crippen LogP contribution >= 0.6 is 0 Å². The minimum atomic E-state index is -4.95. The van der Waals surface area contributed by atoms with Gasteiger partial charge in [-0.1, -0.05) is 18.2 Å². The van der Waals surface area contributed by atoms with Crippen LogP contribution in [0.25, 0.3) is 22.2 Å². The second kappa shape index (κ2) is 8.68. The maximum atomic E-state index is 12.6. The summed E-state index contributed by atoms with van der Waals surface area (Å²) in [6.07, 6.45) is -5.69. The fourth-order valence-corrected chi connectivity index (χ4v) is 2.82. The zero-order chi connectivity index (χ0) is 21.9. The van der Waals surface area contributed by atoms with Gasteiger partial charge < -0.3 is 19.8 Å². The Labute approximate surface area is 170 Å². The maximum Gasteiger partial charge on any atom is 0.471 e. The van der Waals surface area contributed by atoms with Crippen molar-refractivity contribution in [1.82, 2.24) is 4.98 Å². The lowest BCUT2D eigenvalue weighted by atomic mass is 10.1. The number of anilines is 1. The number of ether oxygens (including phenoxy) is 1. The van der Waals surface area contributed by atoms with E-state index in [0.29, 0.717) is 27.4 Å². The smallest absolute Gasteiger partial charge is 0.471 e. The number of amides is 1. The van der Waals surface area contributed by atoms with E-state index in [4.69, 9.17) is 14.9 Å². The number of aromatic nitrogens is 1. The first-order chi connectivity index (χ1) is 14.2. The van der Waals surface area contributed by atoms with Gasteiger partial charge in [0.2, 0.25) is 0 Å². The molecular formula is C21H19F3N2O4. The van der Waals surface area contributed by atoms with E-state index >= 15 is 0 Å². The van der Waals surface area contributed by atoms with Gasteiger partial charge in [-0.2, -0.15) is 13.2 Å². The van der Waals surface area contributed by atoms with E-state index in [1.807, 2.05) is 6.07 Å². The summed E-state index contributed by atoms with van der Waals surface area (Å²) in [5, 5.41) is 19.1. The number of nitrogens with zero attached hydrogens (tertiary/aromatic N) is 2. The van der Waals surface area contributed by atoms with Crippen LogP contribution in [0.5, 0.6) is 5.75 Å². The highest BCUT2D eigenvalue weighted by Crippen LogP contribution is 2.27. The van der Waals surface area contributed by atoms with Gasteiger partial charge in [-0.25, -0.2) is 4.98 Å². The molecule has 0 saturated carbocycles. The summed E-state index contributed by atoms with van der Waals surface area (Å²) >= 11 is 0. The summed E-state index contributed by atoms with van der Waals surface area (Å²) in [6.45, 7) is -0.667. The standard InChI is InChI=1S/C21H19F3N2O4/c1-26(20(29)21(22,23)24)15-6-2-13(3-7-15)18-9-5-14-4-8-16(10-19(14)25-18)30-17(11-27)12-28/h2-10,17,27-28H,11-12H2,1H3. The van der Waals surface area contributed by atoms with Crippen LogP contribution in [-0.4, -0.2) is 53.6 Å². The number of hydrogen-bond acceptors (Lipinski definition) is 5. The van der Waals surface area contributed by atoms with E-state index in [0.717, 1.165) is 12.4 Å². The van der Waals surface area contributed by atoms with Crippen molar-refractivity contribution in [2.75, 3.05) is 25.2 Å². The molecule has 30 heavy (non-hydrogen) atoms. The molecule has 0 radical (unpaired) electrons. The minimum absolute atomic E-state index is 0.108. The first-order valence-electron chi connectivity index (χ1n) is 8.97. The van der Waals surface area contributed by atoms with Gasteiger partial charge in [0, 0.05) is 29.8 Å². The van der Waals surface area contributed by atoms with Crippen LogP contribution < -0.4 is 9.64 Å². The number of aliphatic hydroxyl groups excluding tert-OH is 2. The summed E-state index contributed by atoms with van der Waals surface area (Å²) in [7, 11) is 1.06. The summed E-state index contributed by atoms with van der Waals surface area (Å²) < 4.78 is 43.3. The molecule has 0 spiro atoms. The van der Waals surface area contributed by atoms with Gasteiger partial charge in [0.25, 0.3) is 0 Å². The van der Waals surface area contributed by atoms with Crippen LogP contribution in [0, 0.1) is 0 Å². The van der Waals surface area contributed by atoms with Crippen molar-refractivity contribution in [3.8, 4) is 17.0 Å². The number of carbonyl (C=O) groups excluding carboxylic acids is 1. The zero-order valence-electron chi connectivity index (χ0n) is 15.9. The van der Waals surface area contributed by atoms with Gasteiger partial charge in [-0.05, 0) is 30.3 Å². The molecule has 2 N–H and O–H groups in total. The van der Waals surface area contributed by atoms with Crippen molar-refractivity contribution in [1.29, 1.82) is 0 Å². The number of alkyl halides is 3. The van der Waals surface area contributed by atoms with Gasteiger partial charge in [0.15, 0.2) is 0 Å². The molecule has 6 nitrogen and oxygen atoms in total. The molecule has 1 heterocycles. The molecule has 0 bridgehead atoms. The number of carbonyl (C=O) groups is 1. The molecule has 9 heteroatoms. The largest absolute Gasteiger partial charge is 0.486 e. The molecule has 3 rings (SSSR count). The van der Waals surface area contributed by atoms with E-state index < -0.39 is 18.2 Å². The number of halogens is 3. The first-order valence-corrected chi connectivity index (χ1v) is 8.97. The molecule has 0 unspecified atom stereocenters. The molecule has 0 atom stereocenters. The van der Waals surface area contributed by atoms with Gasteiger partial charge in [-0.3, -0.25) is 4.79 Å². The van der Waals surface area contributed by atoms with E-state index in [2.05, 4.69) is 4.98 Å². The molecule has 3 aromatic rings. The van der Waals surface area contributed by atoms with Crippen LogP contribution in [0.1, 0.15) is 0 Å². The number of pyridine rings is 1. The van der Waals surface area contributed by atoms with Crippen LogP contribution in [0.2, 0.25) is 0 Å². The van der Waals surface area contributed by atoms with Crippen LogP contribution in [-0.2, 0) is 4.79 Å². The number of rotatable bonds is 6. The third-order valence-corrected chi connectivity index (χ3v) is 4.47. The quantitative estimate of drug-likeness (QED) is 0.640. The first kappa shape index (κ1) is 21.5. The van der Waals surface area contributed by atoms with E-state index in [1.54, 1.807) is 36.4 Å². The Morgan fingerprint density at radius 3 is 2.30 bits per heavy atom. The topological polar surface area (TPSA) is 82.9 Å². The fourth-order valence-electron chi connectivity index (χ4n) is 2.82. The molecule has 1 aromatic heterocycles. The van der Waals surface area contributed by atoms with Crippen LogP contribution in [0.3, 0.4) is 0 Å². The second-order valence-corrected chi connectivity index (χ2v) is 6.56. The van der Waals surface area contributed by atoms with Crippen molar-refractivity contribution >= 4 is 22.5 Å². The Balaban J connectivity index is 1.86. The maximum absolute atomic E-state index is 12.6. The van der Waals surface area contributed by atoms with Gasteiger partial charge in [0.1, 0.15) is 11.9 Å². The highest BCUT2D eigenvalue weighted by atomic mass is 19.4. The average Bonchev–Trinajstić information content (AvgIpc) is 2.75. The van der Waals surface area contributed by atoms with Crippen molar-refractivity contribution < 1.29 is 32.9 Å². The van der Waals surface area contributed by atoms with Crippen molar-refractivity contribution in [3.63, 3.8) is 0 Å². The lowest BCUT2D eigenvalue weighted by Crippen LogP contribution is -2.38. The Morgan fingerprint density at radius 2 is 1.70 bits per heavy atom. The lowest BCUT2D eigenvalue weighted by molar-refractivity contribution is -0.170. The Morgan fingerprint density at radius 1 is 1.07 bits per heavy atom.